The van der Waals surface area contributed by atoms with Crippen LogP contribution in [-0.4, -0.2) is 29.3 Å². The van der Waals surface area contributed by atoms with E-state index in [0.717, 1.165) is 23.5 Å². The highest BCUT2D eigenvalue weighted by molar-refractivity contribution is 7.17. The number of nitrogens with one attached hydrogen (secondary N) is 2. The molecule has 24 heavy (non-hydrogen) atoms. The molecule has 126 valence electrons. The number of aromatic nitrogens is 1. The van der Waals surface area contributed by atoms with Gasteiger partial charge in [0.2, 0.25) is 5.91 Å². The Morgan fingerprint density at radius 2 is 2.08 bits per heavy atom. The molecule has 0 aliphatic heterocycles. The Bertz CT molecular complexity index is 796. The fraction of sp³-hybridized carbons (Fsp3) is 0.143. The van der Waals surface area contributed by atoms with Crippen molar-refractivity contribution in [1.82, 2.24) is 10.3 Å². The van der Waals surface area contributed by atoms with Crippen molar-refractivity contribution in [3.05, 3.63) is 45.7 Å². The molecular weight excluding hydrogens is 359 g/mol. The number of primary amides is 1. The fourth-order valence-electron chi connectivity index (χ4n) is 1.69. The molecule has 1 heterocycles. The minimum Gasteiger partial charge on any atom is -0.365 e. The quantitative estimate of drug-likeness (QED) is 0.719. The Balaban J connectivity index is 1.81. The Hall–Kier alpha value is -2.52. The lowest BCUT2D eigenvalue weighted by Crippen LogP contribution is -2.27. The van der Waals surface area contributed by atoms with Crippen LogP contribution in [0.2, 0.25) is 5.02 Å². The predicted octanol–water partition coefficient (Wildman–Crippen LogP) is 1.79. The first-order valence-electron chi connectivity index (χ1n) is 6.65. The maximum absolute atomic E-state index is 12.9. The normalized spacial score (nSPS) is 10.2. The summed E-state index contributed by atoms with van der Waals surface area (Å²) in [5, 5.41) is 5.21. The van der Waals surface area contributed by atoms with Gasteiger partial charge in [0.1, 0.15) is 10.7 Å². The molecular formula is C14H12ClFN4O3S. The van der Waals surface area contributed by atoms with Gasteiger partial charge in [-0.3, -0.25) is 14.4 Å². The highest BCUT2D eigenvalue weighted by atomic mass is 35.5. The summed E-state index contributed by atoms with van der Waals surface area (Å²) in [6, 6.07) is 3.41. The fourth-order valence-corrected chi connectivity index (χ4v) is 2.62. The van der Waals surface area contributed by atoms with E-state index in [4.69, 9.17) is 17.3 Å². The van der Waals surface area contributed by atoms with Crippen LogP contribution in [0.1, 0.15) is 26.5 Å². The smallest absolute Gasteiger partial charge is 0.260 e. The molecule has 7 nitrogen and oxygen atoms in total. The third-order valence-electron chi connectivity index (χ3n) is 2.81. The maximum atomic E-state index is 12.9. The second-order valence-electron chi connectivity index (χ2n) is 4.57. The lowest BCUT2D eigenvalue weighted by atomic mass is 10.2. The Labute approximate surface area is 145 Å². The van der Waals surface area contributed by atoms with Crippen molar-refractivity contribution < 1.29 is 18.8 Å². The molecule has 0 unspecified atom stereocenters. The average molecular weight is 371 g/mol. The van der Waals surface area contributed by atoms with Crippen LogP contribution in [-0.2, 0) is 4.79 Å². The van der Waals surface area contributed by atoms with Gasteiger partial charge in [0.25, 0.3) is 11.8 Å². The first kappa shape index (κ1) is 17.8. The number of rotatable bonds is 6. The molecule has 4 N–H and O–H groups in total. The lowest BCUT2D eigenvalue weighted by molar-refractivity contribution is -0.116. The molecule has 0 saturated carbocycles. The second kappa shape index (κ2) is 7.84. The van der Waals surface area contributed by atoms with E-state index in [1.807, 2.05) is 0 Å². The topological polar surface area (TPSA) is 114 Å². The minimum atomic E-state index is -0.628. The van der Waals surface area contributed by atoms with Gasteiger partial charge in [-0.05, 0) is 18.2 Å². The summed E-state index contributed by atoms with van der Waals surface area (Å²) < 4.78 is 12.9. The van der Waals surface area contributed by atoms with Gasteiger partial charge in [-0.2, -0.15) is 0 Å². The number of benzene rings is 1. The third kappa shape index (κ3) is 4.74. The van der Waals surface area contributed by atoms with Gasteiger partial charge < -0.3 is 16.4 Å². The van der Waals surface area contributed by atoms with Crippen molar-refractivity contribution in [3.63, 3.8) is 0 Å². The third-order valence-corrected chi connectivity index (χ3v) is 4.05. The first-order valence-corrected chi connectivity index (χ1v) is 7.85. The highest BCUT2D eigenvalue weighted by Gasteiger charge is 2.12. The summed E-state index contributed by atoms with van der Waals surface area (Å²) >= 11 is 6.73. The summed E-state index contributed by atoms with van der Waals surface area (Å²) in [5.41, 5.74) is 5.20. The summed E-state index contributed by atoms with van der Waals surface area (Å²) in [7, 11) is 0. The predicted molar refractivity (Wildman–Crippen MR) is 87.6 cm³/mol. The number of thiazole rings is 1. The number of nitrogens with zero attached hydrogens (tertiary/aromatic N) is 1. The van der Waals surface area contributed by atoms with Gasteiger partial charge in [-0.15, -0.1) is 0 Å². The van der Waals surface area contributed by atoms with Crippen LogP contribution in [0.25, 0.3) is 0 Å². The minimum absolute atomic E-state index is 0.0151. The molecule has 0 aliphatic rings. The Morgan fingerprint density at radius 3 is 2.71 bits per heavy atom. The van der Waals surface area contributed by atoms with Crippen molar-refractivity contribution in [3.8, 4) is 0 Å². The number of hydrogen-bond donors (Lipinski definition) is 3. The van der Waals surface area contributed by atoms with Gasteiger partial charge in [-0.25, -0.2) is 9.37 Å². The van der Waals surface area contributed by atoms with Crippen LogP contribution in [0.15, 0.2) is 24.4 Å². The van der Waals surface area contributed by atoms with Gasteiger partial charge in [0.05, 0.1) is 16.8 Å². The second-order valence-corrected chi connectivity index (χ2v) is 6.01. The van der Waals surface area contributed by atoms with E-state index in [-0.39, 0.29) is 33.6 Å². The number of hydrogen-bond acceptors (Lipinski definition) is 5. The van der Waals surface area contributed by atoms with Crippen LogP contribution in [0, 0.1) is 5.82 Å². The van der Waals surface area contributed by atoms with Crippen molar-refractivity contribution in [2.45, 2.75) is 6.42 Å². The summed E-state index contributed by atoms with van der Waals surface area (Å²) in [6.45, 7) is 0.0480. The van der Waals surface area contributed by atoms with Gasteiger partial charge in [0.15, 0.2) is 5.13 Å². The van der Waals surface area contributed by atoms with Crippen molar-refractivity contribution >= 4 is 45.8 Å². The zero-order chi connectivity index (χ0) is 17.7. The molecule has 0 spiro atoms. The number of amides is 3. The lowest BCUT2D eigenvalue weighted by Gasteiger charge is -2.06. The van der Waals surface area contributed by atoms with Gasteiger partial charge in [0, 0.05) is 13.0 Å². The Morgan fingerprint density at radius 1 is 1.33 bits per heavy atom. The summed E-state index contributed by atoms with van der Waals surface area (Å²) in [5.74, 6) is -2.09. The molecule has 0 fully saturated rings. The van der Waals surface area contributed by atoms with Crippen LogP contribution in [0.5, 0.6) is 0 Å². The summed E-state index contributed by atoms with van der Waals surface area (Å²) in [4.78, 5) is 38.6. The molecule has 1 aromatic carbocycles. The molecule has 3 amide bonds. The van der Waals surface area contributed by atoms with Crippen molar-refractivity contribution in [2.24, 2.45) is 5.73 Å². The van der Waals surface area contributed by atoms with E-state index in [0.29, 0.717) is 0 Å². The van der Waals surface area contributed by atoms with Gasteiger partial charge >= 0.3 is 0 Å². The molecule has 1 aromatic heterocycles. The van der Waals surface area contributed by atoms with E-state index >= 15 is 0 Å². The van der Waals surface area contributed by atoms with Crippen molar-refractivity contribution in [2.75, 3.05) is 11.9 Å². The SMILES string of the molecule is NC(=O)c1cnc(NC(=O)CCNC(=O)c2ccc(F)cc2Cl)s1. The number of anilines is 1. The van der Waals surface area contributed by atoms with Crippen LogP contribution in [0.3, 0.4) is 0 Å². The first-order chi connectivity index (χ1) is 11.4. The molecule has 0 aliphatic carbocycles. The van der Waals surface area contributed by atoms with E-state index in [1.54, 1.807) is 0 Å². The molecule has 0 atom stereocenters. The largest absolute Gasteiger partial charge is 0.365 e. The molecule has 10 heteroatoms. The highest BCUT2D eigenvalue weighted by Crippen LogP contribution is 2.18. The molecule has 2 aromatic rings. The zero-order valence-electron chi connectivity index (χ0n) is 12.1. The van der Waals surface area contributed by atoms with Crippen LogP contribution >= 0.6 is 22.9 Å². The molecule has 0 bridgehead atoms. The monoisotopic (exact) mass is 370 g/mol. The molecule has 0 saturated heterocycles. The maximum Gasteiger partial charge on any atom is 0.260 e. The van der Waals surface area contributed by atoms with Crippen LogP contribution in [0.4, 0.5) is 9.52 Å². The molecule has 0 radical (unpaired) electrons. The van der Waals surface area contributed by atoms with Crippen LogP contribution < -0.4 is 16.4 Å². The number of halogens is 2. The van der Waals surface area contributed by atoms with E-state index in [2.05, 4.69) is 15.6 Å². The summed E-state index contributed by atoms with van der Waals surface area (Å²) in [6.07, 6.45) is 1.25. The number of nitrogens with two attached hydrogens (primary N) is 1. The molecule has 2 rings (SSSR count). The van der Waals surface area contributed by atoms with E-state index < -0.39 is 23.5 Å². The number of carbonyl (C=O) groups is 3. The average Bonchev–Trinajstić information content (AvgIpc) is 2.95. The van der Waals surface area contributed by atoms with Crippen molar-refractivity contribution in [1.29, 1.82) is 0 Å². The Kier molecular flexibility index (Phi) is 5.83. The van der Waals surface area contributed by atoms with Gasteiger partial charge in [-0.1, -0.05) is 22.9 Å². The van der Waals surface area contributed by atoms with E-state index in [1.165, 1.54) is 12.3 Å². The number of carbonyl (C=O) groups excluding carboxylic acids is 3. The standard InChI is InChI=1S/C14H12ClFN4O3S/c15-9-5-7(16)1-2-8(9)13(23)18-4-3-11(21)20-14-19-6-10(24-14)12(17)22/h1-2,5-6H,3-4H2,(H2,17,22)(H,18,23)(H,19,20,21). The zero-order valence-corrected chi connectivity index (χ0v) is 13.7. The van der Waals surface area contributed by atoms with E-state index in [9.17, 15) is 18.8 Å².